The number of hydrogen-bond acceptors (Lipinski definition) is 5. The first kappa shape index (κ1) is 25.3. The van der Waals surface area contributed by atoms with Gasteiger partial charge < -0.3 is 25.2 Å². The summed E-state index contributed by atoms with van der Waals surface area (Å²) in [7, 11) is 0. The molecule has 3 N–H and O–H groups in total. The van der Waals surface area contributed by atoms with Crippen molar-refractivity contribution in [2.75, 3.05) is 45.9 Å². The molecule has 0 spiro atoms. The van der Waals surface area contributed by atoms with E-state index in [-0.39, 0.29) is 12.3 Å². The molecule has 1 aromatic carbocycles. The van der Waals surface area contributed by atoms with Gasteiger partial charge in [-0.1, -0.05) is 26.0 Å². The molecule has 1 aliphatic heterocycles. The van der Waals surface area contributed by atoms with Crippen molar-refractivity contribution in [3.8, 4) is 5.75 Å². The van der Waals surface area contributed by atoms with Crippen LogP contribution in [0.5, 0.6) is 5.75 Å². The van der Waals surface area contributed by atoms with Crippen molar-refractivity contribution >= 4 is 5.96 Å². The van der Waals surface area contributed by atoms with Gasteiger partial charge in [-0.15, -0.1) is 0 Å². The quantitative estimate of drug-likeness (QED) is 0.361. The fourth-order valence-electron chi connectivity index (χ4n) is 3.55. The van der Waals surface area contributed by atoms with Crippen molar-refractivity contribution in [2.24, 2.45) is 10.9 Å². The predicted molar refractivity (Wildman–Crippen MR) is 118 cm³/mol. The van der Waals surface area contributed by atoms with Crippen LogP contribution in [0.1, 0.15) is 38.9 Å². The van der Waals surface area contributed by atoms with E-state index in [9.17, 15) is 13.9 Å². The first-order valence-corrected chi connectivity index (χ1v) is 11.0. The Kier molecular flexibility index (Phi) is 11.0. The molecule has 2 rings (SSSR count). The highest BCUT2D eigenvalue weighted by atomic mass is 19.3. The average molecular weight is 443 g/mol. The van der Waals surface area contributed by atoms with E-state index < -0.39 is 12.7 Å². The van der Waals surface area contributed by atoms with Gasteiger partial charge in [0.15, 0.2) is 5.96 Å². The second-order valence-electron chi connectivity index (χ2n) is 8.00. The number of hydrogen-bond donors (Lipinski definition) is 3. The van der Waals surface area contributed by atoms with Gasteiger partial charge in [-0.2, -0.15) is 8.78 Å². The van der Waals surface area contributed by atoms with Crippen molar-refractivity contribution in [1.29, 1.82) is 0 Å². The van der Waals surface area contributed by atoms with Crippen LogP contribution in [0.25, 0.3) is 0 Å². The number of halogens is 2. The lowest BCUT2D eigenvalue weighted by atomic mass is 10.0. The van der Waals surface area contributed by atoms with Crippen LogP contribution in [0, 0.1) is 5.92 Å². The largest absolute Gasteiger partial charge is 0.435 e. The molecular weight excluding hydrogens is 406 g/mol. The molecule has 0 saturated carbocycles. The van der Waals surface area contributed by atoms with Crippen molar-refractivity contribution in [3.05, 3.63) is 29.8 Å². The first-order chi connectivity index (χ1) is 14.9. The number of aliphatic imine (C=N–C) groups is 1. The molecular formula is C22H36F2N4O3. The molecule has 0 aromatic heterocycles. The molecule has 1 aliphatic rings. The van der Waals surface area contributed by atoms with E-state index >= 15 is 0 Å². The number of aliphatic hydroxyl groups excluding tert-OH is 1. The fourth-order valence-corrected chi connectivity index (χ4v) is 3.55. The number of nitrogens with zero attached hydrogens (tertiary/aromatic N) is 2. The number of guanidine groups is 1. The van der Waals surface area contributed by atoms with Crippen LogP contribution in [-0.4, -0.2) is 74.6 Å². The Labute approximate surface area is 183 Å². The molecule has 0 amide bonds. The molecule has 1 aromatic rings. The van der Waals surface area contributed by atoms with Crippen molar-refractivity contribution < 1.29 is 23.4 Å². The summed E-state index contributed by atoms with van der Waals surface area (Å²) in [4.78, 5) is 7.19. The van der Waals surface area contributed by atoms with Gasteiger partial charge in [-0.25, -0.2) is 0 Å². The van der Waals surface area contributed by atoms with Crippen molar-refractivity contribution in [3.63, 3.8) is 0 Å². The van der Waals surface area contributed by atoms with Gasteiger partial charge in [0, 0.05) is 32.2 Å². The van der Waals surface area contributed by atoms with Crippen LogP contribution in [0.3, 0.4) is 0 Å². The summed E-state index contributed by atoms with van der Waals surface area (Å²) in [6.45, 7) is 8.50. The van der Waals surface area contributed by atoms with Crippen LogP contribution in [0.2, 0.25) is 0 Å². The lowest BCUT2D eigenvalue weighted by Gasteiger charge is -2.34. The monoisotopic (exact) mass is 442 g/mol. The third-order valence-corrected chi connectivity index (χ3v) is 5.06. The molecule has 0 aliphatic carbocycles. The maximum Gasteiger partial charge on any atom is 0.387 e. The minimum absolute atomic E-state index is 0.0631. The molecule has 0 bridgehead atoms. The number of nitrogens with one attached hydrogen (secondary N) is 2. The summed E-state index contributed by atoms with van der Waals surface area (Å²) in [6, 6.07) is 6.33. The third kappa shape index (κ3) is 9.37. The van der Waals surface area contributed by atoms with E-state index in [1.165, 1.54) is 12.1 Å². The highest BCUT2D eigenvalue weighted by Crippen LogP contribution is 2.19. The van der Waals surface area contributed by atoms with Crippen LogP contribution in [-0.2, 0) is 4.74 Å². The number of rotatable bonds is 11. The molecule has 1 fully saturated rings. The van der Waals surface area contributed by atoms with Crippen LogP contribution < -0.4 is 15.4 Å². The van der Waals surface area contributed by atoms with Gasteiger partial charge in [0.1, 0.15) is 5.75 Å². The van der Waals surface area contributed by atoms with Crippen LogP contribution in [0.15, 0.2) is 29.3 Å². The Morgan fingerprint density at radius 3 is 2.45 bits per heavy atom. The van der Waals surface area contributed by atoms with Gasteiger partial charge in [0.2, 0.25) is 0 Å². The topological polar surface area (TPSA) is 78.4 Å². The summed E-state index contributed by atoms with van der Waals surface area (Å²) in [5, 5.41) is 16.8. The molecule has 7 nitrogen and oxygen atoms in total. The fraction of sp³-hybridized carbons (Fsp3) is 0.682. The summed E-state index contributed by atoms with van der Waals surface area (Å²) in [6.07, 6.45) is 0.244. The van der Waals surface area contributed by atoms with Crippen LogP contribution >= 0.6 is 0 Å². The van der Waals surface area contributed by atoms with E-state index in [4.69, 9.17) is 9.73 Å². The van der Waals surface area contributed by atoms with Gasteiger partial charge >= 0.3 is 6.61 Å². The Bertz CT molecular complexity index is 653. The van der Waals surface area contributed by atoms with E-state index in [0.717, 1.165) is 32.7 Å². The minimum Gasteiger partial charge on any atom is -0.435 e. The Morgan fingerprint density at radius 2 is 1.87 bits per heavy atom. The number of ether oxygens (including phenoxy) is 2. The Balaban J connectivity index is 1.94. The van der Waals surface area contributed by atoms with Gasteiger partial charge in [-0.3, -0.25) is 9.89 Å². The van der Waals surface area contributed by atoms with Crippen molar-refractivity contribution in [2.45, 2.75) is 45.9 Å². The van der Waals surface area contributed by atoms with Gasteiger partial charge in [-0.05, 0) is 37.0 Å². The molecule has 176 valence electrons. The maximum absolute atomic E-state index is 12.3. The van der Waals surface area contributed by atoms with E-state index in [2.05, 4.69) is 34.1 Å². The summed E-state index contributed by atoms with van der Waals surface area (Å²) in [5.41, 5.74) is 0.607. The Morgan fingerprint density at radius 1 is 1.19 bits per heavy atom. The second kappa shape index (κ2) is 13.4. The smallest absolute Gasteiger partial charge is 0.387 e. The molecule has 9 heteroatoms. The average Bonchev–Trinajstić information content (AvgIpc) is 2.75. The minimum atomic E-state index is -2.87. The highest BCUT2D eigenvalue weighted by molar-refractivity contribution is 5.79. The standard InChI is InChI=1S/C22H36F2N4O3/c1-4-25-22(26-14-18(13-16(2)3)28-9-11-30-12-10-28)27-15-20(29)17-5-7-19(8-6-17)31-21(23)24/h5-8,16,18,20-21,29H,4,9-15H2,1-3H3,(H2,25,26,27). The Hall–Kier alpha value is -1.97. The molecule has 1 heterocycles. The lowest BCUT2D eigenvalue weighted by molar-refractivity contribution is -0.0498. The molecule has 31 heavy (non-hydrogen) atoms. The van der Waals surface area contributed by atoms with E-state index in [0.29, 0.717) is 36.6 Å². The summed E-state index contributed by atoms with van der Waals surface area (Å²) < 4.78 is 34.4. The SMILES string of the molecule is CCNC(=NCC(CC(C)C)N1CCOCC1)NCC(O)c1ccc(OC(F)F)cc1. The predicted octanol–water partition coefficient (Wildman–Crippen LogP) is 2.62. The van der Waals surface area contributed by atoms with Gasteiger partial charge in [0.05, 0.1) is 25.9 Å². The van der Waals surface area contributed by atoms with E-state index in [1.807, 2.05) is 6.92 Å². The first-order valence-electron chi connectivity index (χ1n) is 11.0. The zero-order valence-electron chi connectivity index (χ0n) is 18.7. The van der Waals surface area contributed by atoms with Gasteiger partial charge in [0.25, 0.3) is 0 Å². The third-order valence-electron chi connectivity index (χ3n) is 5.06. The number of benzene rings is 1. The lowest BCUT2D eigenvalue weighted by Crippen LogP contribution is -2.46. The van der Waals surface area contributed by atoms with Crippen LogP contribution in [0.4, 0.5) is 8.78 Å². The molecule has 1 saturated heterocycles. The molecule has 2 atom stereocenters. The number of morpholine rings is 1. The van der Waals surface area contributed by atoms with E-state index in [1.54, 1.807) is 12.1 Å². The molecule has 0 radical (unpaired) electrons. The highest BCUT2D eigenvalue weighted by Gasteiger charge is 2.22. The number of aliphatic hydroxyl groups is 1. The number of alkyl halides is 2. The van der Waals surface area contributed by atoms with Crippen molar-refractivity contribution in [1.82, 2.24) is 15.5 Å². The normalized spacial score (nSPS) is 17.6. The molecule has 2 unspecified atom stereocenters. The maximum atomic E-state index is 12.3. The summed E-state index contributed by atoms with van der Waals surface area (Å²) in [5.74, 6) is 1.27. The zero-order valence-corrected chi connectivity index (χ0v) is 18.7. The second-order valence-corrected chi connectivity index (χ2v) is 8.00. The summed E-state index contributed by atoms with van der Waals surface area (Å²) >= 11 is 0. The zero-order chi connectivity index (χ0) is 22.6.